The van der Waals surface area contributed by atoms with Crippen molar-refractivity contribution in [1.82, 2.24) is 9.97 Å². The van der Waals surface area contributed by atoms with E-state index in [1.54, 1.807) is 48.2 Å². The number of thiazole rings is 2. The first-order chi connectivity index (χ1) is 28.4. The molecular weight excluding hydrogens is 859 g/mol. The molecule has 4 heterocycles. The lowest BCUT2D eigenvalue weighted by atomic mass is 10.0. The predicted molar refractivity (Wildman–Crippen MR) is 256 cm³/mol. The number of benzene rings is 4. The van der Waals surface area contributed by atoms with E-state index in [0.717, 1.165) is 62.5 Å². The van der Waals surface area contributed by atoms with Gasteiger partial charge in [0.2, 0.25) is 0 Å². The van der Waals surface area contributed by atoms with Gasteiger partial charge in [-0.15, -0.1) is 45.3 Å². The number of fused-ring (bicyclic) bond motifs is 2. The summed E-state index contributed by atoms with van der Waals surface area (Å²) < 4.78 is 14.6. The summed E-state index contributed by atoms with van der Waals surface area (Å²) >= 11 is 11.1. The van der Waals surface area contributed by atoms with Gasteiger partial charge in [0.1, 0.15) is 21.5 Å². The monoisotopic (exact) mass is 905 g/mol. The average Bonchev–Trinajstić information content (AvgIpc) is 4.06. The molecule has 5 nitrogen and oxygen atoms in total. The lowest BCUT2D eigenvalue weighted by Crippen LogP contribution is -2.09. The molecule has 8 aromatic rings. The molecule has 0 atom stereocenters. The van der Waals surface area contributed by atoms with E-state index in [0.29, 0.717) is 0 Å². The molecule has 0 unspecified atom stereocenters. The van der Waals surface area contributed by atoms with Crippen LogP contribution in [0.15, 0.2) is 101 Å². The third-order valence-corrected chi connectivity index (χ3v) is 16.1. The fourth-order valence-corrected chi connectivity index (χ4v) is 12.4. The smallest absolute Gasteiger partial charge is 0.134 e. The third-order valence-electron chi connectivity index (χ3n) is 10.5. The van der Waals surface area contributed by atoms with Crippen LogP contribution < -0.4 is 14.4 Å². The molecule has 0 aliphatic carbocycles. The molecule has 0 saturated heterocycles. The van der Waals surface area contributed by atoms with Gasteiger partial charge in [-0.25, -0.2) is 9.97 Å². The lowest BCUT2D eigenvalue weighted by Gasteiger charge is -2.26. The number of methoxy groups -OCH3 is 2. The fourth-order valence-electron chi connectivity index (χ4n) is 7.36. The Morgan fingerprint density at radius 3 is 1.50 bits per heavy atom. The molecule has 0 amide bonds. The predicted octanol–water partition coefficient (Wildman–Crippen LogP) is 16.5. The highest BCUT2D eigenvalue weighted by Gasteiger charge is 2.19. The number of thiophene rings is 2. The van der Waals surface area contributed by atoms with Crippen LogP contribution in [0.3, 0.4) is 0 Å². The van der Waals surface area contributed by atoms with Crippen LogP contribution in [-0.4, -0.2) is 24.2 Å². The van der Waals surface area contributed by atoms with Gasteiger partial charge in [-0.3, -0.25) is 0 Å². The highest BCUT2D eigenvalue weighted by molar-refractivity contribution is 9.11. The number of hydrogen-bond acceptors (Lipinski definition) is 9. The van der Waals surface area contributed by atoms with Gasteiger partial charge < -0.3 is 14.4 Å². The molecule has 0 saturated carbocycles. The molecule has 58 heavy (non-hydrogen) atoms. The maximum absolute atomic E-state index is 5.47. The number of anilines is 3. The van der Waals surface area contributed by atoms with Gasteiger partial charge in [0.05, 0.1) is 48.2 Å². The van der Waals surface area contributed by atoms with Gasteiger partial charge >= 0.3 is 0 Å². The first-order valence-corrected chi connectivity index (χ1v) is 24.3. The summed E-state index contributed by atoms with van der Waals surface area (Å²) in [5, 5.41) is 2.17. The van der Waals surface area contributed by atoms with Crippen LogP contribution in [0.2, 0.25) is 0 Å². The molecule has 10 heteroatoms. The number of unbranched alkanes of at least 4 members (excludes halogenated alkanes) is 6. The molecule has 0 fully saturated rings. The highest BCUT2D eigenvalue weighted by atomic mass is 79.9. The second kappa shape index (κ2) is 18.9. The van der Waals surface area contributed by atoms with Crippen molar-refractivity contribution in [1.29, 1.82) is 0 Å². The number of ether oxygens (including phenoxy) is 2. The molecule has 298 valence electrons. The van der Waals surface area contributed by atoms with E-state index in [9.17, 15) is 0 Å². The Hall–Kier alpha value is -4.06. The summed E-state index contributed by atoms with van der Waals surface area (Å²) in [6, 6.07) is 34.7. The zero-order chi connectivity index (χ0) is 40.0. The van der Waals surface area contributed by atoms with E-state index in [2.05, 4.69) is 107 Å². The molecule has 0 spiro atoms. The Balaban J connectivity index is 1.08. The molecule has 4 aromatic carbocycles. The summed E-state index contributed by atoms with van der Waals surface area (Å²) in [5.41, 5.74) is 9.34. The van der Waals surface area contributed by atoms with Crippen LogP contribution in [0, 0.1) is 0 Å². The lowest BCUT2D eigenvalue weighted by molar-refractivity contribution is 0.415. The number of aromatic nitrogens is 2. The van der Waals surface area contributed by atoms with E-state index >= 15 is 0 Å². The number of nitrogens with zero attached hydrogens (tertiary/aromatic N) is 3. The fraction of sp³-hybridized carbons (Fsp3) is 0.292. The first kappa shape index (κ1) is 40.7. The second-order valence-electron chi connectivity index (χ2n) is 14.6. The van der Waals surface area contributed by atoms with Crippen molar-refractivity contribution in [3.63, 3.8) is 0 Å². The van der Waals surface area contributed by atoms with Crippen molar-refractivity contribution in [3.8, 4) is 41.7 Å². The molecule has 0 aliphatic heterocycles. The normalized spacial score (nSPS) is 11.5. The molecule has 0 bridgehead atoms. The average molecular weight is 907 g/mol. The highest BCUT2D eigenvalue weighted by Crippen LogP contribution is 2.45. The standard InChI is InChI=1S/C48H48BrN3O2S4/c1-5-7-9-11-13-32-27-43(47-50-39-29-42-40(30-41(39)57-47)51-48(58-42)44-28-33(46(49)56-44)14-12-10-8-6-2)55-45(32)31-15-17-34(18-16-31)52(35-19-23-37(53-3)24-20-35)36-21-25-38(54-4)26-22-36/h15-30H,5-14H2,1-4H3. The van der Waals surface area contributed by atoms with Crippen LogP contribution in [-0.2, 0) is 12.8 Å². The maximum atomic E-state index is 5.47. The minimum Gasteiger partial charge on any atom is -0.497 e. The number of halogens is 1. The van der Waals surface area contributed by atoms with Crippen molar-refractivity contribution in [2.24, 2.45) is 0 Å². The van der Waals surface area contributed by atoms with E-state index in [-0.39, 0.29) is 0 Å². The van der Waals surface area contributed by atoms with Gasteiger partial charge in [0.15, 0.2) is 0 Å². The van der Waals surface area contributed by atoms with E-state index in [4.69, 9.17) is 19.4 Å². The summed E-state index contributed by atoms with van der Waals surface area (Å²) in [6.45, 7) is 4.54. The topological polar surface area (TPSA) is 47.5 Å². The first-order valence-electron chi connectivity index (χ1n) is 20.3. The zero-order valence-corrected chi connectivity index (χ0v) is 38.3. The summed E-state index contributed by atoms with van der Waals surface area (Å²) in [7, 11) is 3.40. The summed E-state index contributed by atoms with van der Waals surface area (Å²) in [6.07, 6.45) is 12.2. The summed E-state index contributed by atoms with van der Waals surface area (Å²) in [5.74, 6) is 1.66. The number of rotatable bonds is 18. The summed E-state index contributed by atoms with van der Waals surface area (Å²) in [4.78, 5) is 16.5. The van der Waals surface area contributed by atoms with Crippen molar-refractivity contribution in [2.45, 2.75) is 78.1 Å². The van der Waals surface area contributed by atoms with Crippen LogP contribution in [0.25, 0.3) is 50.6 Å². The Morgan fingerprint density at radius 2 is 1.00 bits per heavy atom. The van der Waals surface area contributed by atoms with Crippen LogP contribution in [0.1, 0.15) is 76.3 Å². The van der Waals surface area contributed by atoms with Crippen molar-refractivity contribution in [2.75, 3.05) is 19.1 Å². The zero-order valence-electron chi connectivity index (χ0n) is 33.5. The van der Waals surface area contributed by atoms with Crippen molar-refractivity contribution >= 4 is 98.8 Å². The van der Waals surface area contributed by atoms with E-state index in [1.165, 1.54) is 95.9 Å². The van der Waals surface area contributed by atoms with Gasteiger partial charge in [0, 0.05) is 21.9 Å². The third kappa shape index (κ3) is 9.06. The van der Waals surface area contributed by atoms with Crippen LogP contribution in [0.4, 0.5) is 17.1 Å². The van der Waals surface area contributed by atoms with Gasteiger partial charge in [0.25, 0.3) is 0 Å². The number of hydrogen-bond donors (Lipinski definition) is 0. The van der Waals surface area contributed by atoms with Gasteiger partial charge in [-0.1, -0.05) is 64.5 Å². The molecule has 4 aromatic heterocycles. The Bertz CT molecular complexity index is 2490. The van der Waals surface area contributed by atoms with Crippen molar-refractivity contribution in [3.05, 3.63) is 112 Å². The van der Waals surface area contributed by atoms with Crippen LogP contribution in [0.5, 0.6) is 11.5 Å². The second-order valence-corrected chi connectivity index (χ2v) is 20.1. The van der Waals surface area contributed by atoms with Gasteiger partial charge in [-0.05, 0) is 143 Å². The van der Waals surface area contributed by atoms with E-state index < -0.39 is 0 Å². The largest absolute Gasteiger partial charge is 0.497 e. The molecule has 0 N–H and O–H groups in total. The van der Waals surface area contributed by atoms with E-state index in [1.807, 2.05) is 35.6 Å². The number of aryl methyl sites for hydroxylation is 2. The molecule has 8 rings (SSSR count). The Morgan fingerprint density at radius 1 is 0.534 bits per heavy atom. The SMILES string of the molecule is CCCCCCc1cc(-c2nc3cc4sc(-c5cc(CCCCCC)c(-c6ccc(N(c7ccc(OC)cc7)c7ccc(OC)cc7)cc6)s5)nc4cc3s2)sc1Br. The minimum absolute atomic E-state index is 0.830. The Labute approximate surface area is 366 Å². The maximum Gasteiger partial charge on any atom is 0.134 e. The quantitative estimate of drug-likeness (QED) is 0.0803. The molecular formula is C48H48BrN3O2S4. The Kier molecular flexibility index (Phi) is 13.3. The van der Waals surface area contributed by atoms with Crippen LogP contribution >= 0.6 is 61.3 Å². The molecule has 0 radical (unpaired) electrons. The minimum atomic E-state index is 0.830. The molecule has 0 aliphatic rings. The van der Waals surface area contributed by atoms with Crippen molar-refractivity contribution < 1.29 is 9.47 Å². The van der Waals surface area contributed by atoms with Gasteiger partial charge in [-0.2, -0.15) is 0 Å².